The fourth-order valence-corrected chi connectivity index (χ4v) is 2.76. The lowest BCUT2D eigenvalue weighted by atomic mass is 10.2. The fourth-order valence-electron chi connectivity index (χ4n) is 2.22. The highest BCUT2D eigenvalue weighted by Gasteiger charge is 2.20. The molecule has 0 saturated carbocycles. The number of nitro groups is 1. The van der Waals surface area contributed by atoms with E-state index in [1.807, 2.05) is 11.0 Å². The first-order valence-corrected chi connectivity index (χ1v) is 8.71. The van der Waals surface area contributed by atoms with Gasteiger partial charge in [0.15, 0.2) is 0 Å². The zero-order valence-electron chi connectivity index (χ0n) is 14.0. The molecule has 0 aliphatic carbocycles. The topological polar surface area (TPSA) is 75.5 Å². The smallest absolute Gasteiger partial charge is 0.271 e. The molecule has 0 bridgehead atoms. The standard InChI is InChI=1S/C17H16Cl3N3O3/c1-10(22(2)9-11-3-5-13(18)14(19)7-11)17(24)21-16-6-4-12(23(25)26)8-15(16)20/h3-8,10H,9H2,1-2H3,(H,21,24). The van der Waals surface area contributed by atoms with Gasteiger partial charge in [-0.2, -0.15) is 0 Å². The van der Waals surface area contributed by atoms with Crippen molar-refractivity contribution in [2.75, 3.05) is 12.4 Å². The van der Waals surface area contributed by atoms with E-state index >= 15 is 0 Å². The maximum atomic E-state index is 12.4. The second-order valence-corrected chi connectivity index (χ2v) is 6.97. The second kappa shape index (κ2) is 8.68. The predicted molar refractivity (Wildman–Crippen MR) is 104 cm³/mol. The van der Waals surface area contributed by atoms with Gasteiger partial charge in [-0.3, -0.25) is 19.8 Å². The van der Waals surface area contributed by atoms with Gasteiger partial charge in [0.05, 0.1) is 31.7 Å². The van der Waals surface area contributed by atoms with Gasteiger partial charge in [0.1, 0.15) is 0 Å². The van der Waals surface area contributed by atoms with Gasteiger partial charge in [-0.05, 0) is 37.7 Å². The summed E-state index contributed by atoms with van der Waals surface area (Å²) in [6, 6.07) is 8.70. The van der Waals surface area contributed by atoms with E-state index < -0.39 is 11.0 Å². The third kappa shape index (κ3) is 5.08. The molecule has 0 aliphatic rings. The molecule has 0 spiro atoms. The minimum atomic E-state index is -0.550. The number of carbonyl (C=O) groups excluding carboxylic acids is 1. The number of rotatable bonds is 6. The van der Waals surface area contributed by atoms with Crippen LogP contribution in [0.25, 0.3) is 0 Å². The van der Waals surface area contributed by atoms with Crippen molar-refractivity contribution in [1.29, 1.82) is 0 Å². The molecule has 0 radical (unpaired) electrons. The molecule has 1 atom stereocenters. The molecule has 1 N–H and O–H groups in total. The van der Waals surface area contributed by atoms with E-state index in [-0.39, 0.29) is 16.6 Å². The largest absolute Gasteiger partial charge is 0.323 e. The van der Waals surface area contributed by atoms with Crippen molar-refractivity contribution in [3.8, 4) is 0 Å². The van der Waals surface area contributed by atoms with E-state index in [1.165, 1.54) is 18.2 Å². The van der Waals surface area contributed by atoms with E-state index in [9.17, 15) is 14.9 Å². The number of carbonyl (C=O) groups is 1. The van der Waals surface area contributed by atoms with Crippen molar-refractivity contribution in [3.63, 3.8) is 0 Å². The zero-order valence-corrected chi connectivity index (χ0v) is 16.3. The van der Waals surface area contributed by atoms with Crippen molar-refractivity contribution in [1.82, 2.24) is 4.90 Å². The van der Waals surface area contributed by atoms with Gasteiger partial charge < -0.3 is 5.32 Å². The average Bonchev–Trinajstić information content (AvgIpc) is 2.58. The third-order valence-corrected chi connectivity index (χ3v) is 4.93. The normalized spacial score (nSPS) is 12.1. The molecule has 2 aromatic carbocycles. The van der Waals surface area contributed by atoms with Gasteiger partial charge >= 0.3 is 0 Å². The van der Waals surface area contributed by atoms with E-state index in [2.05, 4.69) is 5.32 Å². The first-order valence-electron chi connectivity index (χ1n) is 7.58. The number of non-ortho nitro benzene ring substituents is 1. The molecule has 1 amide bonds. The first kappa shape index (κ1) is 20.5. The van der Waals surface area contributed by atoms with Crippen LogP contribution in [0.2, 0.25) is 15.1 Å². The molecule has 0 heterocycles. The SMILES string of the molecule is CC(C(=O)Nc1ccc([N+](=O)[O-])cc1Cl)N(C)Cc1ccc(Cl)c(Cl)c1. The molecule has 0 aliphatic heterocycles. The summed E-state index contributed by atoms with van der Waals surface area (Å²) < 4.78 is 0. The van der Waals surface area contributed by atoms with Gasteiger partial charge in [0, 0.05) is 18.7 Å². The molecule has 2 aromatic rings. The number of benzene rings is 2. The van der Waals surface area contributed by atoms with Crippen LogP contribution in [0.5, 0.6) is 0 Å². The number of hydrogen-bond acceptors (Lipinski definition) is 4. The number of likely N-dealkylation sites (N-methyl/N-ethyl adjacent to an activating group) is 1. The van der Waals surface area contributed by atoms with Crippen LogP contribution in [0, 0.1) is 10.1 Å². The summed E-state index contributed by atoms with van der Waals surface area (Å²) in [6.45, 7) is 2.23. The van der Waals surface area contributed by atoms with Crippen LogP contribution in [0.1, 0.15) is 12.5 Å². The molecule has 1 unspecified atom stereocenters. The molecule has 0 fully saturated rings. The maximum absolute atomic E-state index is 12.4. The molecular formula is C17H16Cl3N3O3. The molecule has 0 aromatic heterocycles. The maximum Gasteiger partial charge on any atom is 0.271 e. The molecule has 0 saturated heterocycles. The Morgan fingerprint density at radius 3 is 2.42 bits per heavy atom. The van der Waals surface area contributed by atoms with Crippen LogP contribution >= 0.6 is 34.8 Å². The number of halogens is 3. The number of nitrogens with one attached hydrogen (secondary N) is 1. The van der Waals surface area contributed by atoms with Crippen molar-refractivity contribution in [2.45, 2.75) is 19.5 Å². The Labute approximate surface area is 165 Å². The highest BCUT2D eigenvalue weighted by molar-refractivity contribution is 6.42. The lowest BCUT2D eigenvalue weighted by Gasteiger charge is -2.24. The summed E-state index contributed by atoms with van der Waals surface area (Å²) in [4.78, 5) is 24.5. The molecule has 26 heavy (non-hydrogen) atoms. The van der Waals surface area contributed by atoms with Gasteiger partial charge in [0.25, 0.3) is 5.69 Å². The van der Waals surface area contributed by atoms with Crippen molar-refractivity contribution >= 4 is 52.1 Å². The summed E-state index contributed by atoms with van der Waals surface area (Å²) in [5.74, 6) is -0.289. The number of nitro benzene ring substituents is 1. The Bertz CT molecular complexity index is 845. The van der Waals surface area contributed by atoms with Gasteiger partial charge in [-0.1, -0.05) is 40.9 Å². The Hall–Kier alpha value is -1.86. The Morgan fingerprint density at radius 1 is 1.15 bits per heavy atom. The Morgan fingerprint density at radius 2 is 1.85 bits per heavy atom. The lowest BCUT2D eigenvalue weighted by Crippen LogP contribution is -2.39. The van der Waals surface area contributed by atoms with Gasteiger partial charge in [-0.25, -0.2) is 0 Å². The van der Waals surface area contributed by atoms with Crippen LogP contribution in [0.4, 0.5) is 11.4 Å². The van der Waals surface area contributed by atoms with E-state index in [0.29, 0.717) is 22.3 Å². The van der Waals surface area contributed by atoms with E-state index in [0.717, 1.165) is 5.56 Å². The number of anilines is 1. The quantitative estimate of drug-likeness (QED) is 0.530. The van der Waals surface area contributed by atoms with Crippen LogP contribution in [0.3, 0.4) is 0 Å². The zero-order chi connectivity index (χ0) is 19.4. The molecule has 6 nitrogen and oxygen atoms in total. The summed E-state index contributed by atoms with van der Waals surface area (Å²) >= 11 is 17.9. The van der Waals surface area contributed by atoms with Crippen LogP contribution in [-0.2, 0) is 11.3 Å². The summed E-state index contributed by atoms with van der Waals surface area (Å²) in [6.07, 6.45) is 0. The average molecular weight is 417 g/mol. The Kier molecular flexibility index (Phi) is 6.83. The van der Waals surface area contributed by atoms with Crippen molar-refractivity contribution < 1.29 is 9.72 Å². The summed E-state index contributed by atoms with van der Waals surface area (Å²) in [5, 5.41) is 14.4. The van der Waals surface area contributed by atoms with Crippen molar-refractivity contribution in [3.05, 3.63) is 67.1 Å². The highest BCUT2D eigenvalue weighted by Crippen LogP contribution is 2.27. The minimum absolute atomic E-state index is 0.104. The summed E-state index contributed by atoms with van der Waals surface area (Å²) in [7, 11) is 1.80. The molecule has 9 heteroatoms. The number of amides is 1. The van der Waals surface area contributed by atoms with Gasteiger partial charge in [0.2, 0.25) is 5.91 Å². The highest BCUT2D eigenvalue weighted by atomic mass is 35.5. The number of nitrogens with zero attached hydrogens (tertiary/aromatic N) is 2. The van der Waals surface area contributed by atoms with Crippen LogP contribution in [0.15, 0.2) is 36.4 Å². The second-order valence-electron chi connectivity index (χ2n) is 5.75. The lowest BCUT2D eigenvalue weighted by molar-refractivity contribution is -0.384. The Balaban J connectivity index is 2.04. The van der Waals surface area contributed by atoms with Gasteiger partial charge in [-0.15, -0.1) is 0 Å². The first-order chi connectivity index (χ1) is 12.2. The predicted octanol–water partition coefficient (Wildman–Crippen LogP) is 5.01. The molecule has 2 rings (SSSR count). The molecule has 138 valence electrons. The van der Waals surface area contributed by atoms with Crippen LogP contribution in [-0.4, -0.2) is 28.8 Å². The molecular weight excluding hydrogens is 401 g/mol. The fraction of sp³-hybridized carbons (Fsp3) is 0.235. The summed E-state index contributed by atoms with van der Waals surface area (Å²) in [5.41, 5.74) is 1.09. The van der Waals surface area contributed by atoms with E-state index in [1.54, 1.807) is 26.1 Å². The van der Waals surface area contributed by atoms with Crippen LogP contribution < -0.4 is 5.32 Å². The van der Waals surface area contributed by atoms with Crippen molar-refractivity contribution in [2.24, 2.45) is 0 Å². The minimum Gasteiger partial charge on any atom is -0.323 e. The third-order valence-electron chi connectivity index (χ3n) is 3.88. The monoisotopic (exact) mass is 415 g/mol. The number of hydrogen-bond donors (Lipinski definition) is 1. The van der Waals surface area contributed by atoms with E-state index in [4.69, 9.17) is 34.8 Å².